The van der Waals surface area contributed by atoms with E-state index < -0.39 is 11.4 Å². The minimum absolute atomic E-state index is 0.131. The summed E-state index contributed by atoms with van der Waals surface area (Å²) in [4.78, 5) is 23.3. The fourth-order valence-electron chi connectivity index (χ4n) is 2.38. The third kappa shape index (κ3) is 4.53. The van der Waals surface area contributed by atoms with Crippen LogP contribution in [-0.2, 0) is 15.0 Å². The van der Waals surface area contributed by atoms with E-state index in [0.29, 0.717) is 17.0 Å². The fourth-order valence-corrected chi connectivity index (χ4v) is 2.38. The summed E-state index contributed by atoms with van der Waals surface area (Å²) in [5.41, 5.74) is 1.17. The number of ether oxygens (including phenoxy) is 2. The van der Waals surface area contributed by atoms with Gasteiger partial charge in [0.05, 0.1) is 12.5 Å². The van der Waals surface area contributed by atoms with E-state index in [1.165, 1.54) is 0 Å². The van der Waals surface area contributed by atoms with Gasteiger partial charge in [-0.15, -0.1) is 0 Å². The first-order valence-corrected chi connectivity index (χ1v) is 8.15. The van der Waals surface area contributed by atoms with Crippen molar-refractivity contribution in [3.63, 3.8) is 0 Å². The summed E-state index contributed by atoms with van der Waals surface area (Å²) in [6.07, 6.45) is 0. The van der Waals surface area contributed by atoms with Gasteiger partial charge in [-0.1, -0.05) is 12.1 Å². The number of rotatable bonds is 7. The number of anilines is 1. The first-order valence-electron chi connectivity index (χ1n) is 8.15. The minimum Gasteiger partial charge on any atom is -0.496 e. The Hall–Kier alpha value is -3.02. The molecule has 0 aliphatic carbocycles. The van der Waals surface area contributed by atoms with Crippen LogP contribution in [0.25, 0.3) is 0 Å². The molecule has 1 amide bonds. The number of carboxylic acid groups (broad SMARTS) is 1. The number of amides is 1. The lowest BCUT2D eigenvalue weighted by Crippen LogP contribution is -2.28. The molecule has 0 atom stereocenters. The number of hydrogen-bond acceptors (Lipinski definition) is 4. The van der Waals surface area contributed by atoms with Crippen molar-refractivity contribution in [2.24, 2.45) is 0 Å². The van der Waals surface area contributed by atoms with Crippen molar-refractivity contribution >= 4 is 17.6 Å². The van der Waals surface area contributed by atoms with Crippen molar-refractivity contribution in [3.05, 3.63) is 53.6 Å². The summed E-state index contributed by atoms with van der Waals surface area (Å²) in [7, 11) is 1.60. The normalized spacial score (nSPS) is 10.9. The summed E-state index contributed by atoms with van der Waals surface area (Å²) < 4.78 is 10.7. The molecule has 2 N–H and O–H groups in total. The predicted octanol–water partition coefficient (Wildman–Crippen LogP) is 3.38. The number of carbonyl (C=O) groups excluding carboxylic acids is 1. The topological polar surface area (TPSA) is 84.9 Å². The molecular weight excluding hydrogens is 334 g/mol. The van der Waals surface area contributed by atoms with Crippen molar-refractivity contribution < 1.29 is 24.2 Å². The minimum atomic E-state index is -0.988. The molecule has 0 saturated heterocycles. The second-order valence-corrected chi connectivity index (χ2v) is 6.48. The lowest BCUT2D eigenvalue weighted by atomic mass is 9.85. The zero-order valence-electron chi connectivity index (χ0n) is 15.3. The number of methoxy groups -OCH3 is 1. The summed E-state index contributed by atoms with van der Waals surface area (Å²) in [5, 5.41) is 12.0. The largest absolute Gasteiger partial charge is 0.496 e. The van der Waals surface area contributed by atoms with E-state index in [9.17, 15) is 14.7 Å². The Kier molecular flexibility index (Phi) is 5.87. The maximum Gasteiger partial charge on any atom is 0.313 e. The Morgan fingerprint density at radius 2 is 1.77 bits per heavy atom. The smallest absolute Gasteiger partial charge is 0.313 e. The van der Waals surface area contributed by atoms with Crippen molar-refractivity contribution in [2.45, 2.75) is 26.2 Å². The monoisotopic (exact) mass is 357 g/mol. The SMILES string of the molecule is COc1ccc(OCC(=O)Nc2ccc(C(C)(C)C(=O)O)cc2)cc1C. The molecular formula is C20H23NO5. The number of carbonyl (C=O) groups is 2. The van der Waals surface area contributed by atoms with Crippen LogP contribution in [0.3, 0.4) is 0 Å². The molecule has 0 unspecified atom stereocenters. The number of aliphatic carboxylic acids is 1. The van der Waals surface area contributed by atoms with Gasteiger partial charge in [0.15, 0.2) is 6.61 Å². The molecule has 6 nitrogen and oxygen atoms in total. The number of carboxylic acids is 1. The Balaban J connectivity index is 1.94. The molecule has 0 saturated carbocycles. The molecule has 138 valence electrons. The van der Waals surface area contributed by atoms with E-state index in [1.807, 2.05) is 6.92 Å². The van der Waals surface area contributed by atoms with Crippen LogP contribution in [0, 0.1) is 6.92 Å². The van der Waals surface area contributed by atoms with Crippen LogP contribution < -0.4 is 14.8 Å². The van der Waals surface area contributed by atoms with Gasteiger partial charge in [0.2, 0.25) is 0 Å². The summed E-state index contributed by atoms with van der Waals surface area (Å²) >= 11 is 0. The van der Waals surface area contributed by atoms with Gasteiger partial charge in [0.1, 0.15) is 11.5 Å². The quantitative estimate of drug-likeness (QED) is 0.793. The maximum absolute atomic E-state index is 12.0. The Bertz CT molecular complexity index is 796. The molecule has 0 heterocycles. The molecule has 0 bridgehead atoms. The molecule has 26 heavy (non-hydrogen) atoms. The molecule has 0 aliphatic heterocycles. The average Bonchev–Trinajstić information content (AvgIpc) is 2.60. The first-order chi connectivity index (χ1) is 12.2. The number of hydrogen-bond donors (Lipinski definition) is 2. The van der Waals surface area contributed by atoms with E-state index in [2.05, 4.69) is 5.32 Å². The maximum atomic E-state index is 12.0. The van der Waals surface area contributed by atoms with Crippen molar-refractivity contribution in [3.8, 4) is 11.5 Å². The van der Waals surface area contributed by atoms with Crippen LogP contribution in [0.4, 0.5) is 5.69 Å². The lowest BCUT2D eigenvalue weighted by molar-refractivity contribution is -0.142. The predicted molar refractivity (Wildman–Crippen MR) is 99.0 cm³/mol. The molecule has 6 heteroatoms. The van der Waals surface area contributed by atoms with Gasteiger partial charge in [-0.3, -0.25) is 9.59 Å². The molecule has 2 aromatic rings. The van der Waals surface area contributed by atoms with Gasteiger partial charge in [0, 0.05) is 5.69 Å². The molecule has 0 fully saturated rings. The Labute approximate surface area is 152 Å². The highest BCUT2D eigenvalue weighted by Gasteiger charge is 2.29. The van der Waals surface area contributed by atoms with E-state index in [0.717, 1.165) is 11.3 Å². The fraction of sp³-hybridized carbons (Fsp3) is 0.300. The first kappa shape index (κ1) is 19.3. The zero-order valence-corrected chi connectivity index (χ0v) is 15.3. The van der Waals surface area contributed by atoms with E-state index >= 15 is 0 Å². The average molecular weight is 357 g/mol. The molecule has 2 aromatic carbocycles. The number of benzene rings is 2. The van der Waals surface area contributed by atoms with Crippen LogP contribution in [0.1, 0.15) is 25.0 Å². The van der Waals surface area contributed by atoms with Crippen LogP contribution in [-0.4, -0.2) is 30.7 Å². The van der Waals surface area contributed by atoms with E-state index in [1.54, 1.807) is 63.4 Å². The summed E-state index contributed by atoms with van der Waals surface area (Å²) in [5.74, 6) is 0.129. The van der Waals surface area contributed by atoms with Crippen molar-refractivity contribution in [1.82, 2.24) is 0 Å². The van der Waals surface area contributed by atoms with Crippen LogP contribution in [0.15, 0.2) is 42.5 Å². The highest BCUT2D eigenvalue weighted by Crippen LogP contribution is 2.25. The Morgan fingerprint density at radius 1 is 1.12 bits per heavy atom. The van der Waals surface area contributed by atoms with Gasteiger partial charge in [-0.05, 0) is 62.2 Å². The number of aryl methyl sites for hydroxylation is 1. The van der Waals surface area contributed by atoms with Crippen LogP contribution >= 0.6 is 0 Å². The second-order valence-electron chi connectivity index (χ2n) is 6.48. The van der Waals surface area contributed by atoms with E-state index in [4.69, 9.17) is 9.47 Å². The Morgan fingerprint density at radius 3 is 2.31 bits per heavy atom. The molecule has 0 aliphatic rings. The van der Waals surface area contributed by atoms with Crippen LogP contribution in [0.2, 0.25) is 0 Å². The van der Waals surface area contributed by atoms with Gasteiger partial charge >= 0.3 is 5.97 Å². The van der Waals surface area contributed by atoms with Gasteiger partial charge < -0.3 is 19.9 Å². The zero-order chi connectivity index (χ0) is 19.3. The summed E-state index contributed by atoms with van der Waals surface area (Å²) in [6, 6.07) is 12.1. The van der Waals surface area contributed by atoms with E-state index in [-0.39, 0.29) is 12.5 Å². The highest BCUT2D eigenvalue weighted by atomic mass is 16.5. The molecule has 0 aromatic heterocycles. The third-order valence-corrected chi connectivity index (χ3v) is 4.16. The second kappa shape index (κ2) is 7.91. The highest BCUT2D eigenvalue weighted by molar-refractivity contribution is 5.92. The van der Waals surface area contributed by atoms with Crippen molar-refractivity contribution in [1.29, 1.82) is 0 Å². The molecule has 0 radical (unpaired) electrons. The lowest BCUT2D eigenvalue weighted by Gasteiger charge is -2.19. The summed E-state index contributed by atoms with van der Waals surface area (Å²) in [6.45, 7) is 5.03. The van der Waals surface area contributed by atoms with Crippen molar-refractivity contribution in [2.75, 3.05) is 19.0 Å². The third-order valence-electron chi connectivity index (χ3n) is 4.16. The molecule has 0 spiro atoms. The van der Waals surface area contributed by atoms with Gasteiger partial charge in [-0.25, -0.2) is 0 Å². The standard InChI is InChI=1S/C20H23NO5/c1-13-11-16(9-10-17(13)25-4)26-12-18(22)21-15-7-5-14(6-8-15)20(2,3)19(23)24/h5-11H,12H2,1-4H3,(H,21,22)(H,23,24). The van der Waals surface area contributed by atoms with Gasteiger partial charge in [-0.2, -0.15) is 0 Å². The van der Waals surface area contributed by atoms with Crippen LogP contribution in [0.5, 0.6) is 11.5 Å². The van der Waals surface area contributed by atoms with Gasteiger partial charge in [0.25, 0.3) is 5.91 Å². The molecule has 2 rings (SSSR count). The number of nitrogens with one attached hydrogen (secondary N) is 1.